The molecule has 0 radical (unpaired) electrons. The number of rotatable bonds is 6. The summed E-state index contributed by atoms with van der Waals surface area (Å²) < 4.78 is 8.30. The van der Waals surface area contributed by atoms with Crippen LogP contribution in [-0.4, -0.2) is 25.6 Å². The number of hydrogen-bond acceptors (Lipinski definition) is 7. The summed E-state index contributed by atoms with van der Waals surface area (Å²) in [6.45, 7) is 2.34. The fourth-order valence-corrected chi connectivity index (χ4v) is 3.79. The van der Waals surface area contributed by atoms with Gasteiger partial charge in [-0.2, -0.15) is 10.2 Å². The van der Waals surface area contributed by atoms with Gasteiger partial charge in [0.1, 0.15) is 11.3 Å². The number of aromatic nitrogens is 3. The zero-order valence-electron chi connectivity index (χ0n) is 17.2. The SMILES string of the molecule is CCn1cc(C(=O)O)c(=O)c2cc(I)c(Oc3ccnc(Nc4ccc(C#N)cc4)n3)cc21. The third-order valence-electron chi connectivity index (χ3n) is 4.82. The Morgan fingerprint density at radius 1 is 1.27 bits per heavy atom. The van der Waals surface area contributed by atoms with E-state index in [1.54, 1.807) is 53.2 Å². The molecule has 0 aliphatic carbocycles. The van der Waals surface area contributed by atoms with E-state index in [1.165, 1.54) is 6.20 Å². The molecule has 0 aliphatic heterocycles. The van der Waals surface area contributed by atoms with Crippen LogP contribution in [-0.2, 0) is 6.54 Å². The van der Waals surface area contributed by atoms with E-state index < -0.39 is 11.4 Å². The maximum Gasteiger partial charge on any atom is 0.341 e. The molecule has 0 amide bonds. The fraction of sp³-hybridized carbons (Fsp3) is 0.0870. The predicted octanol–water partition coefficient (Wildman–Crippen LogP) is 4.52. The molecule has 2 aromatic heterocycles. The van der Waals surface area contributed by atoms with Gasteiger partial charge in [0.05, 0.1) is 20.7 Å². The zero-order chi connectivity index (χ0) is 23.5. The van der Waals surface area contributed by atoms with Crippen LogP contribution in [0.2, 0.25) is 0 Å². The van der Waals surface area contributed by atoms with Gasteiger partial charge in [-0.15, -0.1) is 0 Å². The Bertz CT molecular complexity index is 1480. The number of pyridine rings is 1. The molecule has 9 nitrogen and oxygen atoms in total. The first-order valence-corrected chi connectivity index (χ1v) is 10.9. The number of carboxylic acids is 1. The molecule has 0 bridgehead atoms. The van der Waals surface area contributed by atoms with Crippen molar-refractivity contribution in [2.45, 2.75) is 13.5 Å². The Balaban J connectivity index is 1.67. The lowest BCUT2D eigenvalue weighted by atomic mass is 10.1. The molecule has 0 atom stereocenters. The van der Waals surface area contributed by atoms with Crippen LogP contribution in [0.15, 0.2) is 59.7 Å². The summed E-state index contributed by atoms with van der Waals surface area (Å²) in [7, 11) is 0. The van der Waals surface area contributed by atoms with Crippen LogP contribution < -0.4 is 15.5 Å². The third-order valence-corrected chi connectivity index (χ3v) is 5.66. The van der Waals surface area contributed by atoms with Crippen molar-refractivity contribution in [2.75, 3.05) is 5.32 Å². The summed E-state index contributed by atoms with van der Waals surface area (Å²) in [6.07, 6.45) is 2.89. The lowest BCUT2D eigenvalue weighted by Crippen LogP contribution is -2.18. The molecule has 0 spiro atoms. The number of fused-ring (bicyclic) bond motifs is 1. The van der Waals surface area contributed by atoms with Gasteiger partial charge in [0.2, 0.25) is 17.3 Å². The van der Waals surface area contributed by atoms with Crippen LogP contribution in [0.25, 0.3) is 10.9 Å². The first-order valence-electron chi connectivity index (χ1n) is 9.77. The molecule has 2 aromatic carbocycles. The molecule has 0 saturated heterocycles. The smallest absolute Gasteiger partial charge is 0.341 e. The fourth-order valence-electron chi connectivity index (χ4n) is 3.21. The summed E-state index contributed by atoms with van der Waals surface area (Å²) in [5.41, 5.74) is 1.01. The summed E-state index contributed by atoms with van der Waals surface area (Å²) in [4.78, 5) is 32.6. The number of nitrogens with one attached hydrogen (secondary N) is 1. The van der Waals surface area contributed by atoms with E-state index in [9.17, 15) is 14.7 Å². The largest absolute Gasteiger partial charge is 0.477 e. The molecule has 0 aliphatic rings. The van der Waals surface area contributed by atoms with Gasteiger partial charge in [0.25, 0.3) is 0 Å². The van der Waals surface area contributed by atoms with Gasteiger partial charge in [-0.3, -0.25) is 4.79 Å². The molecule has 4 rings (SSSR count). The molecule has 2 heterocycles. The molecule has 4 aromatic rings. The van der Waals surface area contributed by atoms with Crippen LogP contribution >= 0.6 is 22.6 Å². The number of aryl methyl sites for hydroxylation is 1. The quantitative estimate of drug-likeness (QED) is 0.334. The van der Waals surface area contributed by atoms with Crippen molar-refractivity contribution in [1.82, 2.24) is 14.5 Å². The van der Waals surface area contributed by atoms with Crippen LogP contribution in [0.1, 0.15) is 22.8 Å². The van der Waals surface area contributed by atoms with E-state index in [2.05, 4.69) is 21.4 Å². The number of aromatic carboxylic acids is 1. The second-order valence-electron chi connectivity index (χ2n) is 6.90. The van der Waals surface area contributed by atoms with Gasteiger partial charge in [-0.1, -0.05) is 0 Å². The minimum atomic E-state index is -1.26. The van der Waals surface area contributed by atoms with Crippen molar-refractivity contribution in [2.24, 2.45) is 0 Å². The highest BCUT2D eigenvalue weighted by atomic mass is 127. The van der Waals surface area contributed by atoms with Crippen molar-refractivity contribution < 1.29 is 14.6 Å². The average Bonchev–Trinajstić information content (AvgIpc) is 2.81. The molecular weight excluding hydrogens is 537 g/mol. The van der Waals surface area contributed by atoms with Crippen molar-refractivity contribution in [1.29, 1.82) is 5.26 Å². The van der Waals surface area contributed by atoms with Crippen molar-refractivity contribution in [3.8, 4) is 17.7 Å². The van der Waals surface area contributed by atoms with Crippen molar-refractivity contribution >= 4 is 51.1 Å². The topological polar surface area (TPSA) is 130 Å². The van der Waals surface area contributed by atoms with E-state index in [4.69, 9.17) is 10.00 Å². The molecule has 10 heteroatoms. The number of carboxylic acid groups (broad SMARTS) is 1. The van der Waals surface area contributed by atoms with Crippen molar-refractivity contribution in [3.63, 3.8) is 0 Å². The van der Waals surface area contributed by atoms with E-state index >= 15 is 0 Å². The van der Waals surface area contributed by atoms with Gasteiger partial charge in [-0.05, 0) is 59.8 Å². The van der Waals surface area contributed by atoms with Gasteiger partial charge >= 0.3 is 5.97 Å². The summed E-state index contributed by atoms with van der Waals surface area (Å²) in [5.74, 6) is -0.200. The minimum absolute atomic E-state index is 0.275. The zero-order valence-corrected chi connectivity index (χ0v) is 19.4. The number of hydrogen-bond donors (Lipinski definition) is 2. The molecular formula is C23H16IN5O4. The molecule has 0 saturated carbocycles. The molecule has 164 valence electrons. The third kappa shape index (κ3) is 4.63. The van der Waals surface area contributed by atoms with Crippen LogP contribution in [0.5, 0.6) is 11.6 Å². The Labute approximate surface area is 201 Å². The van der Waals surface area contributed by atoms with Crippen LogP contribution in [0, 0.1) is 14.9 Å². The second kappa shape index (κ2) is 9.25. The first-order chi connectivity index (χ1) is 15.9. The highest BCUT2D eigenvalue weighted by Gasteiger charge is 2.17. The number of nitrogens with zero attached hydrogens (tertiary/aromatic N) is 4. The van der Waals surface area contributed by atoms with Gasteiger partial charge in [0.15, 0.2) is 0 Å². The van der Waals surface area contributed by atoms with E-state index in [-0.39, 0.29) is 11.4 Å². The number of carbonyl (C=O) groups is 1. The lowest BCUT2D eigenvalue weighted by Gasteiger charge is -2.14. The van der Waals surface area contributed by atoms with Crippen molar-refractivity contribution in [3.05, 3.63) is 79.8 Å². The normalized spacial score (nSPS) is 10.6. The Morgan fingerprint density at radius 3 is 2.70 bits per heavy atom. The summed E-state index contributed by atoms with van der Waals surface area (Å²) in [6, 6.07) is 13.8. The first kappa shape index (κ1) is 22.2. The highest BCUT2D eigenvalue weighted by Crippen LogP contribution is 2.30. The maximum atomic E-state index is 12.6. The van der Waals surface area contributed by atoms with E-state index in [1.807, 2.05) is 29.5 Å². The van der Waals surface area contributed by atoms with Gasteiger partial charge in [-0.25, -0.2) is 9.78 Å². The lowest BCUT2D eigenvalue weighted by molar-refractivity contribution is 0.0695. The highest BCUT2D eigenvalue weighted by molar-refractivity contribution is 14.1. The number of benzene rings is 2. The number of ether oxygens (including phenoxy) is 1. The Morgan fingerprint density at radius 2 is 2.03 bits per heavy atom. The van der Waals surface area contributed by atoms with Crippen LogP contribution in [0.3, 0.4) is 0 Å². The van der Waals surface area contributed by atoms with E-state index in [0.29, 0.717) is 44.0 Å². The van der Waals surface area contributed by atoms with Gasteiger partial charge < -0.3 is 19.7 Å². The number of nitriles is 1. The summed E-state index contributed by atoms with van der Waals surface area (Å²) >= 11 is 2.03. The summed E-state index contributed by atoms with van der Waals surface area (Å²) in [5, 5.41) is 21.6. The maximum absolute atomic E-state index is 12.6. The molecule has 0 unspecified atom stereocenters. The Kier molecular flexibility index (Phi) is 6.23. The van der Waals surface area contributed by atoms with E-state index in [0.717, 1.165) is 0 Å². The van der Waals surface area contributed by atoms with Crippen LogP contribution in [0.4, 0.5) is 11.6 Å². The minimum Gasteiger partial charge on any atom is -0.477 e. The molecule has 2 N–H and O–H groups in total. The number of halogens is 1. The number of anilines is 2. The average molecular weight is 553 g/mol. The second-order valence-corrected chi connectivity index (χ2v) is 8.06. The Hall–Kier alpha value is -3.98. The van der Waals surface area contributed by atoms with Gasteiger partial charge in [0, 0.05) is 42.1 Å². The monoisotopic (exact) mass is 553 g/mol. The molecule has 0 fully saturated rings. The standard InChI is InChI=1S/C23H16IN5O4/c1-2-29-12-16(22(31)32)21(30)15-9-17(24)19(10-18(15)29)33-20-7-8-26-23(28-20)27-14-5-3-13(11-25)4-6-14/h3-10,12H,2H2,1H3,(H,31,32)(H,26,27,28). The predicted molar refractivity (Wildman–Crippen MR) is 130 cm³/mol. The molecule has 33 heavy (non-hydrogen) atoms.